The SMILES string of the molecule is Cc1ccccc1N1CCCNCC1(C)C. The molecule has 1 aromatic carbocycles. The van der Waals surface area contributed by atoms with Crippen LogP contribution in [0.3, 0.4) is 0 Å². The van der Waals surface area contributed by atoms with Gasteiger partial charge in [0.05, 0.1) is 0 Å². The monoisotopic (exact) mass is 218 g/mol. The van der Waals surface area contributed by atoms with Crippen molar-refractivity contribution in [3.8, 4) is 0 Å². The van der Waals surface area contributed by atoms with E-state index in [4.69, 9.17) is 0 Å². The van der Waals surface area contributed by atoms with E-state index in [2.05, 4.69) is 55.3 Å². The van der Waals surface area contributed by atoms with E-state index >= 15 is 0 Å². The molecule has 1 aromatic rings. The van der Waals surface area contributed by atoms with Crippen LogP contribution >= 0.6 is 0 Å². The lowest BCUT2D eigenvalue weighted by molar-refractivity contribution is 0.462. The number of aryl methyl sites for hydroxylation is 1. The maximum atomic E-state index is 3.52. The fourth-order valence-electron chi connectivity index (χ4n) is 2.47. The molecule has 1 fully saturated rings. The molecule has 1 heterocycles. The Balaban J connectivity index is 2.33. The zero-order valence-electron chi connectivity index (χ0n) is 10.6. The first-order chi connectivity index (χ1) is 7.61. The molecule has 0 bridgehead atoms. The molecule has 0 saturated carbocycles. The van der Waals surface area contributed by atoms with Gasteiger partial charge in [-0.15, -0.1) is 0 Å². The Morgan fingerprint density at radius 3 is 2.75 bits per heavy atom. The molecule has 88 valence electrons. The van der Waals surface area contributed by atoms with Crippen molar-refractivity contribution in [3.63, 3.8) is 0 Å². The average molecular weight is 218 g/mol. The van der Waals surface area contributed by atoms with Crippen LogP contribution in [0.2, 0.25) is 0 Å². The molecule has 2 nitrogen and oxygen atoms in total. The normalized spacial score (nSPS) is 20.6. The lowest BCUT2D eigenvalue weighted by Crippen LogP contribution is -2.49. The largest absolute Gasteiger partial charge is 0.365 e. The number of anilines is 1. The van der Waals surface area contributed by atoms with Crippen molar-refractivity contribution < 1.29 is 0 Å². The van der Waals surface area contributed by atoms with Gasteiger partial charge in [0, 0.05) is 24.3 Å². The predicted octanol–water partition coefficient (Wildman–Crippen LogP) is 2.57. The van der Waals surface area contributed by atoms with Gasteiger partial charge in [0.15, 0.2) is 0 Å². The van der Waals surface area contributed by atoms with Gasteiger partial charge in [-0.3, -0.25) is 0 Å². The number of nitrogens with one attached hydrogen (secondary N) is 1. The fraction of sp³-hybridized carbons (Fsp3) is 0.571. The summed E-state index contributed by atoms with van der Waals surface area (Å²) in [7, 11) is 0. The summed E-state index contributed by atoms with van der Waals surface area (Å²) in [4.78, 5) is 2.54. The van der Waals surface area contributed by atoms with E-state index in [0.717, 1.165) is 19.6 Å². The highest BCUT2D eigenvalue weighted by atomic mass is 15.2. The van der Waals surface area contributed by atoms with Crippen LogP contribution in [-0.2, 0) is 0 Å². The Morgan fingerprint density at radius 1 is 1.25 bits per heavy atom. The molecule has 2 rings (SSSR count). The summed E-state index contributed by atoms with van der Waals surface area (Å²) in [5, 5.41) is 3.52. The van der Waals surface area contributed by atoms with Crippen molar-refractivity contribution in [1.82, 2.24) is 5.32 Å². The first kappa shape index (κ1) is 11.5. The molecule has 0 radical (unpaired) electrons. The molecule has 0 atom stereocenters. The van der Waals surface area contributed by atoms with Crippen LogP contribution in [0.15, 0.2) is 24.3 Å². The van der Waals surface area contributed by atoms with Gasteiger partial charge in [0.25, 0.3) is 0 Å². The molecule has 0 spiro atoms. The predicted molar refractivity (Wildman–Crippen MR) is 70.1 cm³/mol. The van der Waals surface area contributed by atoms with Gasteiger partial charge in [-0.05, 0) is 45.4 Å². The van der Waals surface area contributed by atoms with Gasteiger partial charge in [0.2, 0.25) is 0 Å². The Bertz CT molecular complexity index is 358. The molecule has 0 unspecified atom stereocenters. The number of benzene rings is 1. The number of rotatable bonds is 1. The van der Waals surface area contributed by atoms with Gasteiger partial charge in [-0.2, -0.15) is 0 Å². The molecule has 0 aliphatic carbocycles. The van der Waals surface area contributed by atoms with Gasteiger partial charge in [-0.25, -0.2) is 0 Å². The van der Waals surface area contributed by atoms with E-state index in [1.54, 1.807) is 0 Å². The van der Waals surface area contributed by atoms with Gasteiger partial charge in [0.1, 0.15) is 0 Å². The Hall–Kier alpha value is -1.02. The van der Waals surface area contributed by atoms with Crippen LogP contribution in [0.1, 0.15) is 25.8 Å². The average Bonchev–Trinajstić information content (AvgIpc) is 2.40. The van der Waals surface area contributed by atoms with Crippen LogP contribution in [0.25, 0.3) is 0 Å². The Kier molecular flexibility index (Phi) is 3.20. The molecule has 0 aromatic heterocycles. The summed E-state index contributed by atoms with van der Waals surface area (Å²) in [5.41, 5.74) is 2.96. The third-order valence-corrected chi connectivity index (χ3v) is 3.43. The summed E-state index contributed by atoms with van der Waals surface area (Å²) in [6, 6.07) is 8.69. The molecular weight excluding hydrogens is 196 g/mol. The lowest BCUT2D eigenvalue weighted by atomic mass is 10.0. The third-order valence-electron chi connectivity index (χ3n) is 3.43. The Labute approximate surface area is 98.7 Å². The molecule has 1 aliphatic heterocycles. The third kappa shape index (κ3) is 2.22. The summed E-state index contributed by atoms with van der Waals surface area (Å²) < 4.78 is 0. The minimum Gasteiger partial charge on any atom is -0.365 e. The maximum Gasteiger partial charge on any atom is 0.0470 e. The van der Waals surface area contributed by atoms with Gasteiger partial charge in [-0.1, -0.05) is 18.2 Å². The number of hydrogen-bond acceptors (Lipinski definition) is 2. The second-order valence-corrected chi connectivity index (χ2v) is 5.28. The van der Waals surface area contributed by atoms with Gasteiger partial charge >= 0.3 is 0 Å². The van der Waals surface area contributed by atoms with E-state index in [1.807, 2.05) is 0 Å². The smallest absolute Gasteiger partial charge is 0.0470 e. The molecule has 1 aliphatic rings. The standard InChI is InChI=1S/C14H22N2/c1-12-7-4-5-8-13(12)16-10-6-9-15-11-14(16,2)3/h4-5,7-8,15H,6,9-11H2,1-3H3. The van der Waals surface area contributed by atoms with Crippen LogP contribution in [0.4, 0.5) is 5.69 Å². The number of nitrogens with zero attached hydrogens (tertiary/aromatic N) is 1. The molecule has 16 heavy (non-hydrogen) atoms. The molecular formula is C14H22N2. The number of hydrogen-bond donors (Lipinski definition) is 1. The summed E-state index contributed by atoms with van der Waals surface area (Å²) >= 11 is 0. The van der Waals surface area contributed by atoms with Gasteiger partial charge < -0.3 is 10.2 Å². The molecule has 2 heteroatoms. The van der Waals surface area contributed by atoms with E-state index in [9.17, 15) is 0 Å². The summed E-state index contributed by atoms with van der Waals surface area (Å²) in [6.45, 7) is 10.2. The fourth-order valence-corrected chi connectivity index (χ4v) is 2.47. The van der Waals surface area contributed by atoms with E-state index in [-0.39, 0.29) is 5.54 Å². The molecule has 0 amide bonds. The molecule has 1 N–H and O–H groups in total. The Morgan fingerprint density at radius 2 is 2.00 bits per heavy atom. The van der Waals surface area contributed by atoms with E-state index in [1.165, 1.54) is 17.7 Å². The second-order valence-electron chi connectivity index (χ2n) is 5.28. The van der Waals surface area contributed by atoms with Crippen molar-refractivity contribution in [2.24, 2.45) is 0 Å². The highest BCUT2D eigenvalue weighted by molar-refractivity contribution is 5.55. The first-order valence-corrected chi connectivity index (χ1v) is 6.15. The number of para-hydroxylation sites is 1. The van der Waals surface area contributed by atoms with Crippen molar-refractivity contribution in [2.45, 2.75) is 32.7 Å². The van der Waals surface area contributed by atoms with E-state index in [0.29, 0.717) is 0 Å². The van der Waals surface area contributed by atoms with Crippen molar-refractivity contribution in [2.75, 3.05) is 24.5 Å². The zero-order chi connectivity index (χ0) is 11.6. The van der Waals surface area contributed by atoms with Crippen LogP contribution in [0, 0.1) is 6.92 Å². The highest BCUT2D eigenvalue weighted by Gasteiger charge is 2.28. The molecule has 1 saturated heterocycles. The van der Waals surface area contributed by atoms with Crippen LogP contribution in [-0.4, -0.2) is 25.2 Å². The van der Waals surface area contributed by atoms with Crippen molar-refractivity contribution in [3.05, 3.63) is 29.8 Å². The van der Waals surface area contributed by atoms with Crippen LogP contribution < -0.4 is 10.2 Å². The minimum absolute atomic E-state index is 0.197. The van der Waals surface area contributed by atoms with Crippen LogP contribution in [0.5, 0.6) is 0 Å². The highest BCUT2D eigenvalue weighted by Crippen LogP contribution is 2.28. The minimum atomic E-state index is 0.197. The maximum absolute atomic E-state index is 3.52. The van der Waals surface area contributed by atoms with Crippen molar-refractivity contribution in [1.29, 1.82) is 0 Å². The topological polar surface area (TPSA) is 15.3 Å². The quantitative estimate of drug-likeness (QED) is 0.779. The zero-order valence-corrected chi connectivity index (χ0v) is 10.6. The summed E-state index contributed by atoms with van der Waals surface area (Å²) in [5.74, 6) is 0. The first-order valence-electron chi connectivity index (χ1n) is 6.15. The summed E-state index contributed by atoms with van der Waals surface area (Å²) in [6.07, 6.45) is 1.22. The second kappa shape index (κ2) is 4.46. The van der Waals surface area contributed by atoms with Crippen molar-refractivity contribution >= 4 is 5.69 Å². The lowest BCUT2D eigenvalue weighted by Gasteiger charge is -2.39. The van der Waals surface area contributed by atoms with E-state index < -0.39 is 0 Å².